The molecule has 0 radical (unpaired) electrons. The molecule has 0 spiro atoms. The molecule has 0 aliphatic rings. The summed E-state index contributed by atoms with van der Waals surface area (Å²) < 4.78 is 11.7. The van der Waals surface area contributed by atoms with Gasteiger partial charge >= 0.3 is 0 Å². The van der Waals surface area contributed by atoms with Gasteiger partial charge in [0.15, 0.2) is 11.5 Å². The number of pyridine rings is 1. The van der Waals surface area contributed by atoms with Crippen molar-refractivity contribution in [1.29, 1.82) is 0 Å². The van der Waals surface area contributed by atoms with Crippen LogP contribution >= 0.6 is 34.8 Å². The lowest BCUT2D eigenvalue weighted by molar-refractivity contribution is 0.269. The van der Waals surface area contributed by atoms with Crippen LogP contribution in [0.4, 0.5) is 0 Å². The molecule has 4 nitrogen and oxygen atoms in total. The van der Waals surface area contributed by atoms with Crippen LogP contribution in [0.15, 0.2) is 54.9 Å². The highest BCUT2D eigenvalue weighted by molar-refractivity contribution is 6.36. The predicted molar refractivity (Wildman–Crippen MR) is 118 cm³/mol. The van der Waals surface area contributed by atoms with Crippen LogP contribution in [0.2, 0.25) is 15.1 Å². The molecule has 7 heteroatoms. The van der Waals surface area contributed by atoms with Gasteiger partial charge in [0.25, 0.3) is 0 Å². The van der Waals surface area contributed by atoms with Crippen LogP contribution in [0.3, 0.4) is 0 Å². The molecule has 0 fully saturated rings. The Balaban J connectivity index is 1.72. The van der Waals surface area contributed by atoms with E-state index in [4.69, 9.17) is 44.3 Å². The first kappa shape index (κ1) is 21.7. The summed E-state index contributed by atoms with van der Waals surface area (Å²) in [7, 11) is 0. The molecule has 0 atom stereocenters. The summed E-state index contributed by atoms with van der Waals surface area (Å²) >= 11 is 19.0. The van der Waals surface area contributed by atoms with Crippen LogP contribution in [-0.4, -0.2) is 11.6 Å². The van der Waals surface area contributed by atoms with E-state index >= 15 is 0 Å². The Morgan fingerprint density at radius 1 is 0.897 bits per heavy atom. The minimum atomic E-state index is 0.191. The van der Waals surface area contributed by atoms with Crippen LogP contribution in [0.5, 0.6) is 11.5 Å². The van der Waals surface area contributed by atoms with Crippen molar-refractivity contribution >= 4 is 34.8 Å². The van der Waals surface area contributed by atoms with Crippen LogP contribution < -0.4 is 14.8 Å². The van der Waals surface area contributed by atoms with Crippen LogP contribution in [0, 0.1) is 0 Å². The molecule has 0 saturated carbocycles. The summed E-state index contributed by atoms with van der Waals surface area (Å²) in [5.41, 5.74) is 2.81. The molecule has 0 bridgehead atoms. The summed E-state index contributed by atoms with van der Waals surface area (Å²) in [6.45, 7) is 3.93. The molecule has 29 heavy (non-hydrogen) atoms. The molecule has 152 valence electrons. The van der Waals surface area contributed by atoms with Gasteiger partial charge in [-0.1, -0.05) is 46.9 Å². The highest BCUT2D eigenvalue weighted by Gasteiger charge is 2.15. The van der Waals surface area contributed by atoms with Gasteiger partial charge in [-0.15, -0.1) is 0 Å². The maximum Gasteiger partial charge on any atom is 0.180 e. The average molecular weight is 452 g/mol. The Labute approximate surface area is 185 Å². The first-order valence-corrected chi connectivity index (χ1v) is 10.3. The predicted octanol–water partition coefficient (Wildman–Crippen LogP) is 6.31. The molecular formula is C22H21Cl3N2O2. The number of rotatable bonds is 9. The fourth-order valence-electron chi connectivity index (χ4n) is 2.79. The smallest absolute Gasteiger partial charge is 0.180 e. The zero-order valence-corrected chi connectivity index (χ0v) is 18.2. The van der Waals surface area contributed by atoms with E-state index in [1.54, 1.807) is 24.4 Å². The van der Waals surface area contributed by atoms with Crippen molar-refractivity contribution in [2.75, 3.05) is 6.61 Å². The minimum absolute atomic E-state index is 0.191. The number of aromatic nitrogens is 1. The van der Waals surface area contributed by atoms with E-state index < -0.39 is 0 Å². The van der Waals surface area contributed by atoms with Crippen molar-refractivity contribution in [1.82, 2.24) is 10.3 Å². The van der Waals surface area contributed by atoms with Crippen LogP contribution in [0.25, 0.3) is 0 Å². The van der Waals surface area contributed by atoms with E-state index in [0.29, 0.717) is 51.8 Å². The van der Waals surface area contributed by atoms with Gasteiger partial charge in [-0.05, 0) is 48.4 Å². The lowest BCUT2D eigenvalue weighted by atomic mass is 10.2. The molecule has 0 amide bonds. The van der Waals surface area contributed by atoms with Crippen molar-refractivity contribution in [3.05, 3.63) is 86.6 Å². The first-order chi connectivity index (χ1) is 14.1. The topological polar surface area (TPSA) is 43.4 Å². The van der Waals surface area contributed by atoms with Gasteiger partial charge in [0.1, 0.15) is 6.61 Å². The second kappa shape index (κ2) is 10.7. The summed E-state index contributed by atoms with van der Waals surface area (Å²) in [6.07, 6.45) is 3.59. The summed E-state index contributed by atoms with van der Waals surface area (Å²) in [4.78, 5) is 4.12. The second-order valence-corrected chi connectivity index (χ2v) is 7.51. The molecule has 1 heterocycles. The van der Waals surface area contributed by atoms with E-state index in [-0.39, 0.29) is 6.61 Å². The number of halogens is 3. The monoisotopic (exact) mass is 450 g/mol. The van der Waals surface area contributed by atoms with Crippen LogP contribution in [-0.2, 0) is 19.7 Å². The molecular weight excluding hydrogens is 431 g/mol. The van der Waals surface area contributed by atoms with E-state index in [0.717, 1.165) is 11.1 Å². The van der Waals surface area contributed by atoms with Gasteiger partial charge in [0.05, 0.1) is 11.6 Å². The zero-order chi connectivity index (χ0) is 20.6. The van der Waals surface area contributed by atoms with Crippen molar-refractivity contribution in [2.45, 2.75) is 26.6 Å². The number of benzene rings is 2. The number of nitrogens with zero attached hydrogens (tertiary/aromatic N) is 1. The summed E-state index contributed by atoms with van der Waals surface area (Å²) in [5, 5.41) is 4.94. The number of hydrogen-bond acceptors (Lipinski definition) is 4. The van der Waals surface area contributed by atoms with E-state index in [9.17, 15) is 0 Å². The molecule has 0 saturated heterocycles. The normalized spacial score (nSPS) is 10.8. The Kier molecular flexibility index (Phi) is 8.01. The van der Waals surface area contributed by atoms with Crippen molar-refractivity contribution in [2.24, 2.45) is 0 Å². The average Bonchev–Trinajstić information content (AvgIpc) is 2.70. The quantitative estimate of drug-likeness (QED) is 0.414. The maximum absolute atomic E-state index is 6.50. The highest BCUT2D eigenvalue weighted by Crippen LogP contribution is 2.38. The van der Waals surface area contributed by atoms with Gasteiger partial charge in [-0.3, -0.25) is 4.98 Å². The Morgan fingerprint density at radius 2 is 1.66 bits per heavy atom. The molecule has 3 aromatic rings. The SMILES string of the molecule is CCOc1cc(CNCc2cccnc2)cc(Cl)c1OCc1c(Cl)cccc1Cl. The molecule has 3 rings (SSSR count). The molecule has 1 N–H and O–H groups in total. The Hall–Kier alpha value is -1.98. The van der Waals surface area contributed by atoms with Crippen molar-refractivity contribution in [3.8, 4) is 11.5 Å². The van der Waals surface area contributed by atoms with Gasteiger partial charge in [-0.2, -0.15) is 0 Å². The van der Waals surface area contributed by atoms with Crippen molar-refractivity contribution in [3.63, 3.8) is 0 Å². The number of ether oxygens (including phenoxy) is 2. The highest BCUT2D eigenvalue weighted by atomic mass is 35.5. The largest absolute Gasteiger partial charge is 0.490 e. The van der Waals surface area contributed by atoms with Crippen molar-refractivity contribution < 1.29 is 9.47 Å². The molecule has 2 aromatic carbocycles. The van der Waals surface area contributed by atoms with Gasteiger partial charge in [0, 0.05) is 41.1 Å². The minimum Gasteiger partial charge on any atom is -0.490 e. The number of nitrogens with one attached hydrogen (secondary N) is 1. The van der Waals surface area contributed by atoms with E-state index in [1.807, 2.05) is 37.4 Å². The molecule has 0 unspecified atom stereocenters. The lowest BCUT2D eigenvalue weighted by Crippen LogP contribution is -2.13. The third-order valence-corrected chi connectivity index (χ3v) is 5.16. The summed E-state index contributed by atoms with van der Waals surface area (Å²) in [6, 6.07) is 13.1. The van der Waals surface area contributed by atoms with E-state index in [2.05, 4.69) is 10.3 Å². The third-order valence-electron chi connectivity index (χ3n) is 4.17. The van der Waals surface area contributed by atoms with Gasteiger partial charge < -0.3 is 14.8 Å². The standard InChI is InChI=1S/C22H21Cl3N2O2/c1-2-28-21-10-16(13-27-12-15-5-4-8-26-11-15)9-20(25)22(21)29-14-17-18(23)6-3-7-19(17)24/h3-11,27H,2,12-14H2,1H3. The Morgan fingerprint density at radius 3 is 2.34 bits per heavy atom. The maximum atomic E-state index is 6.50. The zero-order valence-electron chi connectivity index (χ0n) is 15.9. The Bertz CT molecular complexity index is 932. The second-order valence-electron chi connectivity index (χ2n) is 6.29. The number of hydrogen-bond donors (Lipinski definition) is 1. The molecule has 1 aromatic heterocycles. The molecule has 0 aliphatic heterocycles. The first-order valence-electron chi connectivity index (χ1n) is 9.19. The fraction of sp³-hybridized carbons (Fsp3) is 0.227. The third kappa shape index (κ3) is 6.00. The van der Waals surface area contributed by atoms with Crippen LogP contribution in [0.1, 0.15) is 23.6 Å². The summed E-state index contributed by atoms with van der Waals surface area (Å²) in [5.74, 6) is 1.06. The lowest BCUT2D eigenvalue weighted by Gasteiger charge is -2.16. The van der Waals surface area contributed by atoms with Gasteiger partial charge in [0.2, 0.25) is 0 Å². The fourth-order valence-corrected chi connectivity index (χ4v) is 3.59. The van der Waals surface area contributed by atoms with Gasteiger partial charge in [-0.25, -0.2) is 0 Å². The van der Waals surface area contributed by atoms with E-state index in [1.165, 1.54) is 0 Å². The molecule has 0 aliphatic carbocycles.